The maximum absolute atomic E-state index is 11.6. The van der Waals surface area contributed by atoms with Crippen molar-refractivity contribution in [1.82, 2.24) is 10.8 Å². The molecule has 0 bridgehead atoms. The topological polar surface area (TPSA) is 96.5 Å². The molecule has 0 atom stereocenters. The molecule has 2 amide bonds. The van der Waals surface area contributed by atoms with Crippen LogP contribution in [-0.4, -0.2) is 74.7 Å². The Kier molecular flexibility index (Phi) is 16.2. The van der Waals surface area contributed by atoms with Crippen molar-refractivity contribution >= 4 is 14.8 Å². The summed E-state index contributed by atoms with van der Waals surface area (Å²) in [6, 6.07) is 0.255. The third-order valence-electron chi connectivity index (χ3n) is 2.96. The summed E-state index contributed by atoms with van der Waals surface area (Å²) in [5.74, 6) is 0. The summed E-state index contributed by atoms with van der Waals surface area (Å²) in [5.41, 5.74) is 2.30. The lowest BCUT2D eigenvalue weighted by molar-refractivity contribution is -0.00146. The molecule has 0 saturated heterocycles. The molecule has 0 aliphatic rings. The standard InChI is InChI=1S/C15H34N2O7Si/c1-5-22-25(23-6-2,24-7-3)14-8-9-16-15(18)17-21-13-12-20-11-10-19-4/h5-14H2,1-4H3,(H2,16,17,18). The summed E-state index contributed by atoms with van der Waals surface area (Å²) in [6.45, 7) is 9.54. The van der Waals surface area contributed by atoms with Crippen molar-refractivity contribution in [2.24, 2.45) is 0 Å². The number of hydroxylamine groups is 1. The first-order chi connectivity index (χ1) is 12.1. The van der Waals surface area contributed by atoms with Crippen LogP contribution in [0.4, 0.5) is 4.79 Å². The van der Waals surface area contributed by atoms with Crippen molar-refractivity contribution < 1.29 is 32.4 Å². The Hall–Kier alpha value is -0.753. The van der Waals surface area contributed by atoms with Crippen molar-refractivity contribution in [3.05, 3.63) is 0 Å². The smallest absolute Gasteiger partial charge is 0.382 e. The zero-order chi connectivity index (χ0) is 18.8. The Morgan fingerprint density at radius 3 is 2.08 bits per heavy atom. The van der Waals surface area contributed by atoms with Crippen molar-refractivity contribution in [3.8, 4) is 0 Å². The minimum absolute atomic E-state index is 0.270. The van der Waals surface area contributed by atoms with Gasteiger partial charge in [0.2, 0.25) is 0 Å². The Labute approximate surface area is 151 Å². The quantitative estimate of drug-likeness (QED) is 0.222. The van der Waals surface area contributed by atoms with Gasteiger partial charge in [0.1, 0.15) is 0 Å². The van der Waals surface area contributed by atoms with E-state index in [1.165, 1.54) is 0 Å². The number of amides is 2. The van der Waals surface area contributed by atoms with Gasteiger partial charge in [-0.1, -0.05) is 0 Å². The largest absolute Gasteiger partial charge is 0.500 e. The molecule has 0 saturated carbocycles. The highest BCUT2D eigenvalue weighted by Crippen LogP contribution is 2.17. The second kappa shape index (κ2) is 16.7. The molecule has 0 spiro atoms. The zero-order valence-corrected chi connectivity index (χ0v) is 16.9. The van der Waals surface area contributed by atoms with Crippen LogP contribution in [0.3, 0.4) is 0 Å². The lowest BCUT2D eigenvalue weighted by Crippen LogP contribution is -2.46. The van der Waals surface area contributed by atoms with Gasteiger partial charge in [0.25, 0.3) is 0 Å². The molecule has 0 fully saturated rings. The fourth-order valence-corrected chi connectivity index (χ4v) is 4.62. The van der Waals surface area contributed by atoms with Crippen LogP contribution in [0, 0.1) is 0 Å². The van der Waals surface area contributed by atoms with Crippen LogP contribution in [0.2, 0.25) is 6.04 Å². The Bertz CT molecular complexity index is 307. The Balaban J connectivity index is 3.83. The Morgan fingerprint density at radius 2 is 1.52 bits per heavy atom. The summed E-state index contributed by atoms with van der Waals surface area (Å²) in [6.07, 6.45) is 0.694. The molecule has 25 heavy (non-hydrogen) atoms. The van der Waals surface area contributed by atoms with Crippen LogP contribution in [-0.2, 0) is 27.6 Å². The molecule has 0 aliphatic heterocycles. The summed E-state index contributed by atoms with van der Waals surface area (Å²) in [7, 11) is -1.04. The summed E-state index contributed by atoms with van der Waals surface area (Å²) in [4.78, 5) is 16.6. The highest BCUT2D eigenvalue weighted by Gasteiger charge is 2.39. The number of hydrogen-bond donors (Lipinski definition) is 2. The number of carbonyl (C=O) groups is 1. The van der Waals surface area contributed by atoms with Gasteiger partial charge in [-0.2, -0.15) is 0 Å². The predicted molar refractivity (Wildman–Crippen MR) is 95.2 cm³/mol. The van der Waals surface area contributed by atoms with Crippen LogP contribution < -0.4 is 10.8 Å². The van der Waals surface area contributed by atoms with Gasteiger partial charge < -0.3 is 28.1 Å². The zero-order valence-electron chi connectivity index (χ0n) is 15.9. The van der Waals surface area contributed by atoms with Crippen molar-refractivity contribution in [1.29, 1.82) is 0 Å². The van der Waals surface area contributed by atoms with Crippen LogP contribution in [0.1, 0.15) is 27.2 Å². The molecule has 9 nitrogen and oxygen atoms in total. The molecule has 0 aromatic heterocycles. The van der Waals surface area contributed by atoms with E-state index in [0.717, 1.165) is 0 Å². The fourth-order valence-electron chi connectivity index (χ4n) is 2.01. The summed E-state index contributed by atoms with van der Waals surface area (Å²) < 4.78 is 27.3. The van der Waals surface area contributed by atoms with Gasteiger partial charge in [-0.25, -0.2) is 10.3 Å². The number of hydrogen-bond acceptors (Lipinski definition) is 7. The molecule has 0 aromatic rings. The van der Waals surface area contributed by atoms with E-state index < -0.39 is 14.8 Å². The third kappa shape index (κ3) is 13.2. The SMILES string of the molecule is CCO[Si](CCCNC(=O)NOCCOCCOC)(OCC)OCC. The van der Waals surface area contributed by atoms with E-state index in [0.29, 0.717) is 58.7 Å². The molecule has 150 valence electrons. The summed E-state index contributed by atoms with van der Waals surface area (Å²) >= 11 is 0. The second-order valence-corrected chi connectivity index (χ2v) is 7.63. The van der Waals surface area contributed by atoms with Crippen LogP contribution in [0.5, 0.6) is 0 Å². The number of carbonyl (C=O) groups excluding carboxylic acids is 1. The third-order valence-corrected chi connectivity index (χ3v) is 6.12. The molecular weight excluding hydrogens is 348 g/mol. The van der Waals surface area contributed by atoms with Gasteiger partial charge in [0.05, 0.1) is 26.4 Å². The molecule has 0 aromatic carbocycles. The van der Waals surface area contributed by atoms with Crippen molar-refractivity contribution in [2.45, 2.75) is 33.2 Å². The van der Waals surface area contributed by atoms with E-state index >= 15 is 0 Å². The molecule has 10 heteroatoms. The first kappa shape index (κ1) is 24.2. The average Bonchev–Trinajstić information content (AvgIpc) is 2.59. The first-order valence-corrected chi connectivity index (χ1v) is 10.7. The minimum atomic E-state index is -2.64. The normalized spacial score (nSPS) is 11.5. The Morgan fingerprint density at radius 1 is 0.920 bits per heavy atom. The highest BCUT2D eigenvalue weighted by atomic mass is 28.4. The number of rotatable bonds is 17. The van der Waals surface area contributed by atoms with E-state index in [4.69, 9.17) is 27.6 Å². The minimum Gasteiger partial charge on any atom is -0.382 e. The highest BCUT2D eigenvalue weighted by molar-refractivity contribution is 6.60. The van der Waals surface area contributed by atoms with Gasteiger partial charge in [0.15, 0.2) is 0 Å². The molecule has 0 radical (unpaired) electrons. The molecule has 2 N–H and O–H groups in total. The van der Waals surface area contributed by atoms with Crippen LogP contribution in [0.25, 0.3) is 0 Å². The molecule has 0 unspecified atom stereocenters. The van der Waals surface area contributed by atoms with Crippen molar-refractivity contribution in [2.75, 3.05) is 59.9 Å². The van der Waals surface area contributed by atoms with Crippen LogP contribution in [0.15, 0.2) is 0 Å². The predicted octanol–water partition coefficient (Wildman–Crippen LogP) is 1.32. The molecule has 0 aliphatic carbocycles. The number of ether oxygens (including phenoxy) is 2. The monoisotopic (exact) mass is 382 g/mol. The van der Waals surface area contributed by atoms with Gasteiger partial charge in [-0.15, -0.1) is 0 Å². The lowest BCUT2D eigenvalue weighted by atomic mass is 10.5. The van der Waals surface area contributed by atoms with E-state index in [-0.39, 0.29) is 6.61 Å². The van der Waals surface area contributed by atoms with E-state index in [1.54, 1.807) is 7.11 Å². The van der Waals surface area contributed by atoms with Gasteiger partial charge in [-0.3, -0.25) is 4.84 Å². The van der Waals surface area contributed by atoms with Gasteiger partial charge in [0, 0.05) is 39.5 Å². The van der Waals surface area contributed by atoms with E-state index in [2.05, 4.69) is 10.8 Å². The second-order valence-electron chi connectivity index (χ2n) is 4.90. The number of nitrogens with one attached hydrogen (secondary N) is 2. The van der Waals surface area contributed by atoms with Crippen molar-refractivity contribution in [3.63, 3.8) is 0 Å². The fraction of sp³-hybridized carbons (Fsp3) is 0.933. The molecular formula is C15H34N2O7Si. The number of methoxy groups -OCH3 is 1. The lowest BCUT2D eigenvalue weighted by Gasteiger charge is -2.28. The van der Waals surface area contributed by atoms with Gasteiger partial charge in [-0.05, 0) is 27.2 Å². The number of urea groups is 1. The van der Waals surface area contributed by atoms with E-state index in [1.807, 2.05) is 20.8 Å². The van der Waals surface area contributed by atoms with Gasteiger partial charge >= 0.3 is 14.8 Å². The maximum atomic E-state index is 11.6. The average molecular weight is 383 g/mol. The summed E-state index contributed by atoms with van der Waals surface area (Å²) in [5, 5.41) is 2.71. The van der Waals surface area contributed by atoms with E-state index in [9.17, 15) is 4.79 Å². The molecule has 0 heterocycles. The van der Waals surface area contributed by atoms with Crippen LogP contribution >= 0.6 is 0 Å². The maximum Gasteiger partial charge on any atom is 0.500 e. The first-order valence-electron chi connectivity index (χ1n) is 8.78. The molecule has 0 rings (SSSR count).